The van der Waals surface area contributed by atoms with Gasteiger partial charge >= 0.3 is 0 Å². The molecule has 2 nitrogen and oxygen atoms in total. The smallest absolute Gasteiger partial charge is 0.181 e. The number of fused-ring (bicyclic) bond motifs is 1. The molecule has 0 aromatic heterocycles. The highest BCUT2D eigenvalue weighted by Gasteiger charge is 2.37. The van der Waals surface area contributed by atoms with Crippen LogP contribution in [0.4, 0.5) is 0 Å². The Morgan fingerprint density at radius 1 is 1.00 bits per heavy atom. The molecule has 1 fully saturated rings. The first-order valence-corrected chi connectivity index (χ1v) is 7.58. The molecule has 0 unspecified atom stereocenters. The van der Waals surface area contributed by atoms with E-state index in [1.807, 2.05) is 12.1 Å². The van der Waals surface area contributed by atoms with Gasteiger partial charge in [0, 0.05) is 0 Å². The van der Waals surface area contributed by atoms with E-state index in [0.29, 0.717) is 4.90 Å². The van der Waals surface area contributed by atoms with Crippen LogP contribution in [0.15, 0.2) is 23.1 Å². The Bertz CT molecular complexity index is 513. The molecule has 2 aliphatic rings. The second kappa shape index (κ2) is 3.59. The van der Waals surface area contributed by atoms with E-state index < -0.39 is 9.84 Å². The van der Waals surface area contributed by atoms with Crippen molar-refractivity contribution in [3.63, 3.8) is 0 Å². The van der Waals surface area contributed by atoms with Crippen LogP contribution in [0.3, 0.4) is 0 Å². The first-order valence-electron chi connectivity index (χ1n) is 6.03. The summed E-state index contributed by atoms with van der Waals surface area (Å²) in [4.78, 5) is 0.552. The molecule has 0 bridgehead atoms. The maximum Gasteiger partial charge on any atom is 0.181 e. The average molecular weight is 236 g/mol. The Morgan fingerprint density at radius 2 is 1.69 bits per heavy atom. The van der Waals surface area contributed by atoms with Gasteiger partial charge in [0.2, 0.25) is 0 Å². The number of sulfone groups is 1. The SMILES string of the molecule is O=S(=O)(c1ccc2c(c1)CCCC2)C1CC1. The largest absolute Gasteiger partial charge is 0.223 e. The van der Waals surface area contributed by atoms with Crippen LogP contribution in [0.25, 0.3) is 0 Å². The number of hydrogen-bond acceptors (Lipinski definition) is 2. The maximum absolute atomic E-state index is 12.1. The summed E-state index contributed by atoms with van der Waals surface area (Å²) in [6.45, 7) is 0. The molecule has 86 valence electrons. The van der Waals surface area contributed by atoms with Crippen LogP contribution in [-0.4, -0.2) is 13.7 Å². The monoisotopic (exact) mass is 236 g/mol. The van der Waals surface area contributed by atoms with E-state index >= 15 is 0 Å². The van der Waals surface area contributed by atoms with E-state index in [9.17, 15) is 8.42 Å². The van der Waals surface area contributed by atoms with Crippen molar-refractivity contribution in [2.24, 2.45) is 0 Å². The third-order valence-electron chi connectivity index (χ3n) is 3.61. The molecule has 0 N–H and O–H groups in total. The molecule has 0 spiro atoms. The van der Waals surface area contributed by atoms with Gasteiger partial charge in [-0.05, 0) is 61.8 Å². The van der Waals surface area contributed by atoms with Gasteiger partial charge in [0.25, 0.3) is 0 Å². The molecule has 3 heteroatoms. The van der Waals surface area contributed by atoms with Crippen LogP contribution in [0.1, 0.15) is 36.8 Å². The molecule has 1 saturated carbocycles. The summed E-state index contributed by atoms with van der Waals surface area (Å²) < 4.78 is 24.2. The summed E-state index contributed by atoms with van der Waals surface area (Å²) in [6.07, 6.45) is 6.28. The summed E-state index contributed by atoms with van der Waals surface area (Å²) in [5.74, 6) is 0. The van der Waals surface area contributed by atoms with Gasteiger partial charge in [0.1, 0.15) is 0 Å². The molecule has 0 saturated heterocycles. The molecular weight excluding hydrogens is 220 g/mol. The van der Waals surface area contributed by atoms with Crippen LogP contribution in [-0.2, 0) is 22.7 Å². The van der Waals surface area contributed by atoms with Gasteiger partial charge in [-0.2, -0.15) is 0 Å². The average Bonchev–Trinajstić information content (AvgIpc) is 3.12. The van der Waals surface area contributed by atoms with E-state index in [0.717, 1.165) is 25.7 Å². The zero-order valence-electron chi connectivity index (χ0n) is 9.28. The third kappa shape index (κ3) is 1.67. The van der Waals surface area contributed by atoms with Crippen LogP contribution in [0, 0.1) is 0 Å². The Morgan fingerprint density at radius 3 is 2.38 bits per heavy atom. The number of hydrogen-bond donors (Lipinski definition) is 0. The highest BCUT2D eigenvalue weighted by Crippen LogP contribution is 2.34. The van der Waals surface area contributed by atoms with E-state index in [2.05, 4.69) is 0 Å². The van der Waals surface area contributed by atoms with Crippen LogP contribution >= 0.6 is 0 Å². The number of rotatable bonds is 2. The zero-order chi connectivity index (χ0) is 11.2. The lowest BCUT2D eigenvalue weighted by atomic mass is 9.92. The van der Waals surface area contributed by atoms with Crippen LogP contribution in [0.2, 0.25) is 0 Å². The van der Waals surface area contributed by atoms with E-state index in [-0.39, 0.29) is 5.25 Å². The highest BCUT2D eigenvalue weighted by molar-refractivity contribution is 7.92. The second-order valence-corrected chi connectivity index (χ2v) is 7.11. The minimum atomic E-state index is -3.00. The molecule has 16 heavy (non-hydrogen) atoms. The molecule has 1 aromatic carbocycles. The van der Waals surface area contributed by atoms with Gasteiger partial charge in [0.15, 0.2) is 9.84 Å². The molecule has 0 amide bonds. The first-order chi connectivity index (χ1) is 7.68. The summed E-state index contributed by atoms with van der Waals surface area (Å²) in [6, 6.07) is 5.74. The van der Waals surface area contributed by atoms with Crippen molar-refractivity contribution in [1.82, 2.24) is 0 Å². The van der Waals surface area contributed by atoms with Crippen LogP contribution < -0.4 is 0 Å². The van der Waals surface area contributed by atoms with Crippen molar-refractivity contribution >= 4 is 9.84 Å². The van der Waals surface area contributed by atoms with E-state index in [1.165, 1.54) is 24.0 Å². The van der Waals surface area contributed by atoms with Gasteiger partial charge in [-0.3, -0.25) is 0 Å². The lowest BCUT2D eigenvalue weighted by Gasteiger charge is -2.16. The minimum Gasteiger partial charge on any atom is -0.223 e. The highest BCUT2D eigenvalue weighted by atomic mass is 32.2. The molecule has 3 rings (SSSR count). The van der Waals surface area contributed by atoms with E-state index in [4.69, 9.17) is 0 Å². The molecular formula is C13H16O2S. The third-order valence-corrected chi connectivity index (χ3v) is 5.87. The van der Waals surface area contributed by atoms with Crippen molar-refractivity contribution in [1.29, 1.82) is 0 Å². The molecule has 0 heterocycles. The number of aryl methyl sites for hydroxylation is 2. The first kappa shape index (κ1) is 10.3. The Kier molecular flexibility index (Phi) is 2.32. The maximum atomic E-state index is 12.1. The van der Waals surface area contributed by atoms with Gasteiger partial charge in [-0.25, -0.2) is 8.42 Å². The van der Waals surface area contributed by atoms with Crippen molar-refractivity contribution in [3.8, 4) is 0 Å². The molecule has 0 radical (unpaired) electrons. The summed E-state index contributed by atoms with van der Waals surface area (Å²) in [5.41, 5.74) is 2.61. The lowest BCUT2D eigenvalue weighted by molar-refractivity contribution is 0.594. The molecule has 2 aliphatic carbocycles. The van der Waals surface area contributed by atoms with Crippen molar-refractivity contribution in [3.05, 3.63) is 29.3 Å². The summed E-state index contributed by atoms with van der Waals surface area (Å²) >= 11 is 0. The van der Waals surface area contributed by atoms with E-state index in [1.54, 1.807) is 6.07 Å². The Balaban J connectivity index is 2.02. The summed E-state index contributed by atoms with van der Waals surface area (Å²) in [7, 11) is -3.00. The van der Waals surface area contributed by atoms with Crippen molar-refractivity contribution < 1.29 is 8.42 Å². The molecule has 0 atom stereocenters. The predicted octanol–water partition coefficient (Wildman–Crippen LogP) is 2.50. The molecule has 1 aromatic rings. The topological polar surface area (TPSA) is 34.1 Å². The van der Waals surface area contributed by atoms with Gasteiger partial charge in [-0.15, -0.1) is 0 Å². The van der Waals surface area contributed by atoms with Gasteiger partial charge in [0.05, 0.1) is 10.1 Å². The fourth-order valence-electron chi connectivity index (χ4n) is 2.46. The van der Waals surface area contributed by atoms with Crippen molar-refractivity contribution in [2.45, 2.75) is 48.7 Å². The lowest BCUT2D eigenvalue weighted by Crippen LogP contribution is -2.10. The van der Waals surface area contributed by atoms with Crippen molar-refractivity contribution in [2.75, 3.05) is 0 Å². The minimum absolute atomic E-state index is 0.0888. The van der Waals surface area contributed by atoms with Crippen LogP contribution in [0.5, 0.6) is 0 Å². The summed E-state index contributed by atoms with van der Waals surface area (Å²) in [5, 5.41) is -0.0888. The fourth-order valence-corrected chi connectivity index (χ4v) is 4.16. The quantitative estimate of drug-likeness (QED) is 0.790. The number of benzene rings is 1. The van der Waals surface area contributed by atoms with Gasteiger partial charge in [-0.1, -0.05) is 6.07 Å². The Hall–Kier alpha value is -0.830. The zero-order valence-corrected chi connectivity index (χ0v) is 10.1. The van der Waals surface area contributed by atoms with Gasteiger partial charge < -0.3 is 0 Å². The Labute approximate surface area is 96.6 Å². The normalized spacial score (nSPS) is 20.5. The molecule has 0 aliphatic heterocycles. The second-order valence-electron chi connectivity index (χ2n) is 4.88. The predicted molar refractivity (Wildman–Crippen MR) is 63.3 cm³/mol. The standard InChI is InChI=1S/C13H16O2S/c14-16(15,12-7-8-12)13-6-5-10-3-1-2-4-11(10)9-13/h5-6,9,12H,1-4,7-8H2. The fraction of sp³-hybridized carbons (Fsp3) is 0.538.